The summed E-state index contributed by atoms with van der Waals surface area (Å²) in [5, 5.41) is 0. The fourth-order valence-electron chi connectivity index (χ4n) is 1.06. The standard InChI is InChI=1S/C10H11F2O/c1-7(6-13-2)8-3-4-9(11)10(12)5-8/h3-5H,6H2,1-2H3. The third-order valence-corrected chi connectivity index (χ3v) is 1.77. The van der Waals surface area contributed by atoms with Gasteiger partial charge in [0.2, 0.25) is 0 Å². The number of hydrogen-bond donors (Lipinski definition) is 0. The van der Waals surface area contributed by atoms with E-state index in [2.05, 4.69) is 0 Å². The van der Waals surface area contributed by atoms with Crippen LogP contribution in [0.2, 0.25) is 0 Å². The van der Waals surface area contributed by atoms with Crippen LogP contribution in [0.15, 0.2) is 18.2 Å². The highest BCUT2D eigenvalue weighted by Gasteiger charge is 2.08. The Morgan fingerprint density at radius 3 is 2.54 bits per heavy atom. The van der Waals surface area contributed by atoms with E-state index in [0.29, 0.717) is 12.2 Å². The van der Waals surface area contributed by atoms with Gasteiger partial charge in [0, 0.05) is 13.0 Å². The highest BCUT2D eigenvalue weighted by molar-refractivity contribution is 5.30. The van der Waals surface area contributed by atoms with Crippen molar-refractivity contribution in [1.29, 1.82) is 0 Å². The minimum Gasteiger partial charge on any atom is -0.384 e. The third kappa shape index (κ3) is 2.49. The summed E-state index contributed by atoms with van der Waals surface area (Å²) < 4.78 is 30.2. The molecule has 0 saturated heterocycles. The van der Waals surface area contributed by atoms with E-state index < -0.39 is 11.6 Å². The number of hydrogen-bond acceptors (Lipinski definition) is 1. The lowest BCUT2D eigenvalue weighted by Gasteiger charge is -2.09. The highest BCUT2D eigenvalue weighted by atomic mass is 19.2. The first-order chi connectivity index (χ1) is 6.15. The fourth-order valence-corrected chi connectivity index (χ4v) is 1.06. The minimum absolute atomic E-state index is 0.422. The maximum absolute atomic E-state index is 12.8. The van der Waals surface area contributed by atoms with E-state index >= 15 is 0 Å². The highest BCUT2D eigenvalue weighted by Crippen LogP contribution is 2.17. The first kappa shape index (κ1) is 10.1. The average Bonchev–Trinajstić information content (AvgIpc) is 2.10. The molecule has 0 heterocycles. The molecule has 0 unspecified atom stereocenters. The second kappa shape index (κ2) is 4.33. The lowest BCUT2D eigenvalue weighted by atomic mass is 10.0. The largest absolute Gasteiger partial charge is 0.384 e. The Morgan fingerprint density at radius 1 is 1.31 bits per heavy atom. The van der Waals surface area contributed by atoms with Gasteiger partial charge in [0.15, 0.2) is 11.6 Å². The predicted octanol–water partition coefficient (Wildman–Crippen LogP) is 2.55. The van der Waals surface area contributed by atoms with Crippen LogP contribution < -0.4 is 0 Å². The normalized spacial score (nSPS) is 10.8. The van der Waals surface area contributed by atoms with Gasteiger partial charge in [0.1, 0.15) is 0 Å². The smallest absolute Gasteiger partial charge is 0.159 e. The van der Waals surface area contributed by atoms with Gasteiger partial charge in [-0.25, -0.2) is 8.78 Å². The molecule has 0 fully saturated rings. The van der Waals surface area contributed by atoms with E-state index in [1.54, 1.807) is 7.11 Å². The molecule has 13 heavy (non-hydrogen) atoms. The molecule has 0 saturated carbocycles. The second-order valence-electron chi connectivity index (χ2n) is 2.84. The van der Waals surface area contributed by atoms with Crippen LogP contribution in [-0.2, 0) is 4.74 Å². The zero-order chi connectivity index (χ0) is 9.84. The van der Waals surface area contributed by atoms with Gasteiger partial charge in [-0.2, -0.15) is 0 Å². The molecule has 0 bridgehead atoms. The van der Waals surface area contributed by atoms with Crippen molar-refractivity contribution >= 4 is 0 Å². The second-order valence-corrected chi connectivity index (χ2v) is 2.84. The monoisotopic (exact) mass is 185 g/mol. The predicted molar refractivity (Wildman–Crippen MR) is 46.3 cm³/mol. The Kier molecular flexibility index (Phi) is 3.37. The summed E-state index contributed by atoms with van der Waals surface area (Å²) in [5.74, 6) is -0.775. The maximum atomic E-state index is 12.8. The quantitative estimate of drug-likeness (QED) is 0.703. The van der Waals surface area contributed by atoms with Crippen LogP contribution in [0.1, 0.15) is 12.5 Å². The number of rotatable bonds is 3. The van der Waals surface area contributed by atoms with Gasteiger partial charge in [-0.1, -0.05) is 13.0 Å². The van der Waals surface area contributed by atoms with E-state index in [4.69, 9.17) is 4.74 Å². The molecule has 1 rings (SSSR count). The number of methoxy groups -OCH3 is 1. The molecule has 0 aliphatic heterocycles. The molecule has 3 heteroatoms. The van der Waals surface area contributed by atoms with Gasteiger partial charge in [-0.3, -0.25) is 0 Å². The molecule has 0 aliphatic carbocycles. The molecule has 0 N–H and O–H groups in total. The topological polar surface area (TPSA) is 9.23 Å². The molecule has 71 valence electrons. The first-order valence-corrected chi connectivity index (χ1v) is 3.92. The van der Waals surface area contributed by atoms with Crippen molar-refractivity contribution in [1.82, 2.24) is 0 Å². The zero-order valence-electron chi connectivity index (χ0n) is 7.60. The first-order valence-electron chi connectivity index (χ1n) is 3.92. The van der Waals surface area contributed by atoms with Crippen molar-refractivity contribution in [3.05, 3.63) is 41.3 Å². The van der Waals surface area contributed by atoms with Crippen LogP contribution >= 0.6 is 0 Å². The Morgan fingerprint density at radius 2 is 2.00 bits per heavy atom. The molecule has 0 atom stereocenters. The van der Waals surface area contributed by atoms with Crippen molar-refractivity contribution < 1.29 is 13.5 Å². The summed E-state index contributed by atoms with van der Waals surface area (Å²) in [7, 11) is 1.56. The Balaban J connectivity index is 2.84. The van der Waals surface area contributed by atoms with Crippen molar-refractivity contribution in [2.45, 2.75) is 6.92 Å². The molecular formula is C10H11F2O. The van der Waals surface area contributed by atoms with Crippen LogP contribution in [0.3, 0.4) is 0 Å². The average molecular weight is 185 g/mol. The molecule has 1 nitrogen and oxygen atoms in total. The number of benzene rings is 1. The lowest BCUT2D eigenvalue weighted by molar-refractivity contribution is 0.214. The van der Waals surface area contributed by atoms with E-state index in [1.807, 2.05) is 6.92 Å². The third-order valence-electron chi connectivity index (χ3n) is 1.77. The minimum atomic E-state index is -0.826. The summed E-state index contributed by atoms with van der Waals surface area (Å²) in [5.41, 5.74) is 0.667. The van der Waals surface area contributed by atoms with E-state index in [9.17, 15) is 8.78 Å². The molecule has 1 aromatic carbocycles. The maximum Gasteiger partial charge on any atom is 0.159 e. The van der Waals surface area contributed by atoms with Gasteiger partial charge in [0.05, 0.1) is 6.61 Å². The summed E-state index contributed by atoms with van der Waals surface area (Å²) >= 11 is 0. The van der Waals surface area contributed by atoms with Crippen LogP contribution in [-0.4, -0.2) is 13.7 Å². The molecule has 0 aliphatic rings. The summed E-state index contributed by atoms with van der Waals surface area (Å²) in [6.45, 7) is 2.24. The lowest BCUT2D eigenvalue weighted by Crippen LogP contribution is -2.03. The van der Waals surface area contributed by atoms with E-state index in [1.165, 1.54) is 12.1 Å². The molecule has 0 amide bonds. The Bertz CT molecular complexity index is 286. The summed E-state index contributed by atoms with van der Waals surface area (Å²) in [6, 6.07) is 3.82. The fraction of sp³-hybridized carbons (Fsp3) is 0.300. The van der Waals surface area contributed by atoms with Crippen molar-refractivity contribution in [2.24, 2.45) is 0 Å². The van der Waals surface area contributed by atoms with Crippen molar-refractivity contribution in [2.75, 3.05) is 13.7 Å². The Hall–Kier alpha value is -0.960. The zero-order valence-corrected chi connectivity index (χ0v) is 7.60. The molecule has 1 aromatic rings. The van der Waals surface area contributed by atoms with Gasteiger partial charge < -0.3 is 4.74 Å². The van der Waals surface area contributed by atoms with Gasteiger partial charge in [0.25, 0.3) is 0 Å². The van der Waals surface area contributed by atoms with Gasteiger partial charge in [-0.05, 0) is 17.7 Å². The van der Waals surface area contributed by atoms with Crippen molar-refractivity contribution in [3.8, 4) is 0 Å². The van der Waals surface area contributed by atoms with Crippen LogP contribution in [0.4, 0.5) is 8.78 Å². The summed E-state index contributed by atoms with van der Waals surface area (Å²) in [4.78, 5) is 0. The van der Waals surface area contributed by atoms with E-state index in [-0.39, 0.29) is 0 Å². The number of halogens is 2. The van der Waals surface area contributed by atoms with E-state index in [0.717, 1.165) is 12.0 Å². The van der Waals surface area contributed by atoms with Crippen molar-refractivity contribution in [3.63, 3.8) is 0 Å². The molecule has 0 spiro atoms. The number of ether oxygens (including phenoxy) is 1. The van der Waals surface area contributed by atoms with Crippen LogP contribution in [0.5, 0.6) is 0 Å². The molecule has 0 aromatic heterocycles. The Labute approximate surface area is 76.3 Å². The van der Waals surface area contributed by atoms with Crippen LogP contribution in [0, 0.1) is 17.6 Å². The molecule has 1 radical (unpaired) electrons. The van der Waals surface area contributed by atoms with Crippen LogP contribution in [0.25, 0.3) is 0 Å². The van der Waals surface area contributed by atoms with Gasteiger partial charge >= 0.3 is 0 Å². The molecular weight excluding hydrogens is 174 g/mol. The summed E-state index contributed by atoms with van der Waals surface area (Å²) in [6.07, 6.45) is 0. The van der Waals surface area contributed by atoms with Gasteiger partial charge in [-0.15, -0.1) is 0 Å². The SMILES string of the molecule is COC[C](C)c1ccc(F)c(F)c1.